The molecule has 6 nitrogen and oxygen atoms in total. The van der Waals surface area contributed by atoms with Gasteiger partial charge in [-0.2, -0.15) is 0 Å². The molecule has 0 amide bonds. The van der Waals surface area contributed by atoms with E-state index in [4.69, 9.17) is 4.74 Å². The molecule has 1 N–H and O–H groups in total. The molecule has 1 heterocycles. The average Bonchev–Trinajstić information content (AvgIpc) is 3.62. The number of carbonyl (C=O) groups is 2. The zero-order valence-corrected chi connectivity index (χ0v) is 24.7. The first-order valence-corrected chi connectivity index (χ1v) is 15.4. The summed E-state index contributed by atoms with van der Waals surface area (Å²) in [6, 6.07) is 9.20. The summed E-state index contributed by atoms with van der Waals surface area (Å²) in [5.74, 6) is 6.96. The summed E-state index contributed by atoms with van der Waals surface area (Å²) in [6.07, 6.45) is 10.7. The minimum Gasteiger partial charge on any atom is -0.458 e. The molecule has 1 aromatic rings. The standard InChI is InChI=1S/C35H42N2O4/c1-4-16-35(32(39)22-41-23(2)38)17-15-31-29-13-9-25-20-26(36-40)10-14-28(25)33(29)30(21-34(31,35)3)24-7-11-27(12-8-24)37-18-5-6-19-37/h7-8,11-12,20,29-31,40H,5-6,9-10,13-15,17-19,21-22H2,1-3H3/t29-,30+,31-,34-,35+/m0/s1. The van der Waals surface area contributed by atoms with Gasteiger partial charge >= 0.3 is 5.97 Å². The highest BCUT2D eigenvalue weighted by molar-refractivity contribution is 5.97. The molecule has 0 spiro atoms. The first-order chi connectivity index (χ1) is 19.8. The number of carbonyl (C=O) groups excluding carboxylic acids is 2. The van der Waals surface area contributed by atoms with E-state index in [2.05, 4.69) is 59.2 Å². The van der Waals surface area contributed by atoms with E-state index < -0.39 is 11.4 Å². The first kappa shape index (κ1) is 27.8. The summed E-state index contributed by atoms with van der Waals surface area (Å²) >= 11 is 0. The molecule has 1 aliphatic heterocycles. The predicted molar refractivity (Wildman–Crippen MR) is 160 cm³/mol. The Hall–Kier alpha value is -3.33. The maximum absolute atomic E-state index is 14.0. The Balaban J connectivity index is 1.46. The van der Waals surface area contributed by atoms with E-state index in [0.717, 1.165) is 57.3 Å². The fraction of sp³-hybridized carbons (Fsp3) is 0.571. The zero-order chi connectivity index (χ0) is 28.8. The number of rotatable bonds is 5. The number of nitrogens with zero attached hydrogens (tertiary/aromatic N) is 2. The molecular weight excluding hydrogens is 512 g/mol. The molecular formula is C35H42N2O4. The number of hydrogen-bond acceptors (Lipinski definition) is 6. The molecule has 2 saturated carbocycles. The fourth-order valence-corrected chi connectivity index (χ4v) is 9.21. The van der Waals surface area contributed by atoms with E-state index >= 15 is 0 Å². The van der Waals surface area contributed by atoms with Crippen LogP contribution in [0.3, 0.4) is 0 Å². The Bertz CT molecular complexity index is 1390. The van der Waals surface area contributed by atoms with Crippen LogP contribution in [0.15, 0.2) is 52.2 Å². The average molecular weight is 555 g/mol. The topological polar surface area (TPSA) is 79.2 Å². The normalized spacial score (nSPS) is 33.3. The Morgan fingerprint density at radius 1 is 1.12 bits per heavy atom. The van der Waals surface area contributed by atoms with Crippen LogP contribution < -0.4 is 4.90 Å². The molecule has 4 aliphatic carbocycles. The van der Waals surface area contributed by atoms with Crippen LogP contribution in [0.5, 0.6) is 0 Å². The highest BCUT2D eigenvalue weighted by Crippen LogP contribution is 2.69. The van der Waals surface area contributed by atoms with Crippen molar-refractivity contribution in [3.05, 3.63) is 52.6 Å². The van der Waals surface area contributed by atoms with Crippen molar-refractivity contribution in [3.8, 4) is 11.8 Å². The summed E-state index contributed by atoms with van der Waals surface area (Å²) < 4.78 is 5.27. The molecule has 1 aromatic carbocycles. The number of hydrogen-bond donors (Lipinski definition) is 1. The van der Waals surface area contributed by atoms with Gasteiger partial charge < -0.3 is 14.8 Å². The van der Waals surface area contributed by atoms with Gasteiger partial charge in [0.25, 0.3) is 0 Å². The van der Waals surface area contributed by atoms with Gasteiger partial charge in [-0.3, -0.25) is 9.59 Å². The van der Waals surface area contributed by atoms with Crippen LogP contribution in [0.2, 0.25) is 0 Å². The summed E-state index contributed by atoms with van der Waals surface area (Å²) in [7, 11) is 0. The third kappa shape index (κ3) is 4.53. The van der Waals surface area contributed by atoms with Crippen LogP contribution in [-0.2, 0) is 14.3 Å². The van der Waals surface area contributed by atoms with E-state index in [1.54, 1.807) is 5.57 Å². The lowest BCUT2D eigenvalue weighted by atomic mass is 9.48. The van der Waals surface area contributed by atoms with E-state index in [1.165, 1.54) is 42.2 Å². The van der Waals surface area contributed by atoms with Gasteiger partial charge in [-0.25, -0.2) is 0 Å². The Morgan fingerprint density at radius 3 is 2.56 bits per heavy atom. The van der Waals surface area contributed by atoms with Crippen LogP contribution in [0.1, 0.15) is 90.0 Å². The van der Waals surface area contributed by atoms with Gasteiger partial charge in [-0.05, 0) is 117 Å². The maximum Gasteiger partial charge on any atom is 0.303 e. The number of benzene rings is 1. The molecule has 0 radical (unpaired) electrons. The summed E-state index contributed by atoms with van der Waals surface area (Å²) in [5, 5.41) is 13.0. The molecule has 0 unspecified atom stereocenters. The van der Waals surface area contributed by atoms with Crippen LogP contribution in [-0.4, -0.2) is 42.4 Å². The van der Waals surface area contributed by atoms with Gasteiger partial charge in [0.2, 0.25) is 0 Å². The Morgan fingerprint density at radius 2 is 1.88 bits per heavy atom. The van der Waals surface area contributed by atoms with Crippen molar-refractivity contribution in [2.45, 2.75) is 84.5 Å². The zero-order valence-electron chi connectivity index (χ0n) is 24.7. The number of allylic oxidation sites excluding steroid dienone is 4. The van der Waals surface area contributed by atoms with Crippen molar-refractivity contribution in [3.63, 3.8) is 0 Å². The van der Waals surface area contributed by atoms with Gasteiger partial charge in [-0.15, -0.1) is 5.92 Å². The minimum atomic E-state index is -0.828. The van der Waals surface area contributed by atoms with E-state index in [9.17, 15) is 14.8 Å². The van der Waals surface area contributed by atoms with Crippen molar-refractivity contribution in [2.24, 2.45) is 27.8 Å². The Kier molecular flexibility index (Phi) is 7.34. The Labute approximate surface area is 243 Å². The van der Waals surface area contributed by atoms with Crippen LogP contribution in [0.25, 0.3) is 0 Å². The lowest BCUT2D eigenvalue weighted by Gasteiger charge is -2.54. The predicted octanol–water partition coefficient (Wildman–Crippen LogP) is 6.59. The van der Waals surface area contributed by atoms with Crippen LogP contribution in [0.4, 0.5) is 5.69 Å². The van der Waals surface area contributed by atoms with Gasteiger partial charge in [0.1, 0.15) is 0 Å². The molecule has 6 rings (SSSR count). The number of esters is 1. The van der Waals surface area contributed by atoms with Crippen molar-refractivity contribution in [2.75, 3.05) is 24.6 Å². The minimum absolute atomic E-state index is 0.0517. The largest absolute Gasteiger partial charge is 0.458 e. The highest BCUT2D eigenvalue weighted by Gasteiger charge is 2.65. The van der Waals surface area contributed by atoms with E-state index in [-0.39, 0.29) is 23.7 Å². The second kappa shape index (κ2) is 10.8. The molecule has 6 heteroatoms. The van der Waals surface area contributed by atoms with Crippen LogP contribution >= 0.6 is 0 Å². The van der Waals surface area contributed by atoms with Gasteiger partial charge in [-0.1, -0.05) is 35.7 Å². The number of oxime groups is 1. The smallest absolute Gasteiger partial charge is 0.303 e. The maximum atomic E-state index is 14.0. The summed E-state index contributed by atoms with van der Waals surface area (Å²) in [6.45, 7) is 7.50. The number of ether oxygens (including phenoxy) is 1. The van der Waals surface area contributed by atoms with Crippen molar-refractivity contribution in [1.82, 2.24) is 0 Å². The van der Waals surface area contributed by atoms with Crippen molar-refractivity contribution >= 4 is 23.2 Å². The molecule has 41 heavy (non-hydrogen) atoms. The third-order valence-corrected chi connectivity index (χ3v) is 11.1. The second-order valence-corrected chi connectivity index (χ2v) is 12.9. The fourth-order valence-electron chi connectivity index (χ4n) is 9.21. The van der Waals surface area contributed by atoms with Gasteiger partial charge in [0.15, 0.2) is 12.4 Å². The highest BCUT2D eigenvalue weighted by atomic mass is 16.5. The first-order valence-electron chi connectivity index (χ1n) is 15.4. The van der Waals surface area contributed by atoms with Crippen molar-refractivity contribution in [1.29, 1.82) is 0 Å². The van der Waals surface area contributed by atoms with E-state index in [0.29, 0.717) is 18.3 Å². The lowest BCUT2D eigenvalue weighted by molar-refractivity contribution is -0.150. The molecule has 1 saturated heterocycles. The third-order valence-electron chi connectivity index (χ3n) is 11.1. The summed E-state index contributed by atoms with van der Waals surface area (Å²) in [4.78, 5) is 28.1. The monoisotopic (exact) mass is 554 g/mol. The number of Topliss-reactive ketones (excluding diaryl/α,β-unsaturated/α-hetero) is 1. The molecule has 5 aliphatic rings. The molecule has 216 valence electrons. The van der Waals surface area contributed by atoms with Gasteiger partial charge in [0.05, 0.1) is 11.1 Å². The van der Waals surface area contributed by atoms with E-state index in [1.807, 2.05) is 6.92 Å². The number of fused-ring (bicyclic) bond motifs is 4. The quantitative estimate of drug-likeness (QED) is 0.192. The number of ketones is 1. The molecule has 3 fully saturated rings. The van der Waals surface area contributed by atoms with Gasteiger partial charge in [0, 0.05) is 31.6 Å². The lowest BCUT2D eigenvalue weighted by Crippen LogP contribution is -2.51. The summed E-state index contributed by atoms with van der Waals surface area (Å²) in [5.41, 5.74) is 6.51. The molecule has 5 atom stereocenters. The van der Waals surface area contributed by atoms with Crippen molar-refractivity contribution < 1.29 is 19.5 Å². The molecule has 0 aromatic heterocycles. The second-order valence-electron chi connectivity index (χ2n) is 12.9. The molecule has 0 bridgehead atoms. The SMILES string of the molecule is CC#C[C@]1(C(=O)COC(C)=O)CC[C@H]2[C@@H]3CCC4=CC(=NO)CCC4=C3[C@@H](c3ccc(N4CCCC4)cc3)C[C@@]21C. The number of anilines is 1. The van der Waals surface area contributed by atoms with Crippen LogP contribution in [0, 0.1) is 34.5 Å².